The Hall–Kier alpha value is -3.48. The molecule has 0 fully saturated rings. The third kappa shape index (κ3) is 8.03. The molecule has 0 saturated carbocycles. The van der Waals surface area contributed by atoms with Crippen LogP contribution in [0.5, 0.6) is 5.75 Å². The van der Waals surface area contributed by atoms with E-state index in [0.717, 1.165) is 36.8 Å². The molecular weight excluding hydrogens is 526 g/mol. The van der Waals surface area contributed by atoms with E-state index >= 15 is 4.39 Å². The topological polar surface area (TPSA) is 9.23 Å². The Balaban J connectivity index is 1.38. The van der Waals surface area contributed by atoms with Crippen LogP contribution in [0.3, 0.4) is 0 Å². The van der Waals surface area contributed by atoms with Gasteiger partial charge in [0.1, 0.15) is 23.2 Å². The van der Waals surface area contributed by atoms with Gasteiger partial charge in [0.15, 0.2) is 0 Å². The maximum Gasteiger partial charge on any atom is 0.573 e. The van der Waals surface area contributed by atoms with Gasteiger partial charge in [0.25, 0.3) is 0 Å². The van der Waals surface area contributed by atoms with Gasteiger partial charge in [-0.3, -0.25) is 0 Å². The highest BCUT2D eigenvalue weighted by molar-refractivity contribution is 5.84. The van der Waals surface area contributed by atoms with Crippen molar-refractivity contribution in [2.75, 3.05) is 0 Å². The summed E-state index contributed by atoms with van der Waals surface area (Å²) in [6, 6.07) is 17.2. The normalized spacial score (nSPS) is 11.8. The molecule has 0 heterocycles. The SMILES string of the molecule is CCCCCCc1cc(F)c(CCc2ccc3c(F)c(CCc4ccc(OC(F)(F)F)cc4)ccc3c2)c(F)c1. The zero-order chi connectivity index (χ0) is 28.7. The van der Waals surface area contributed by atoms with Crippen LogP contribution in [0, 0.1) is 17.5 Å². The molecule has 0 radical (unpaired) electrons. The Bertz CT molecular complexity index is 1400. The van der Waals surface area contributed by atoms with Crippen molar-refractivity contribution >= 4 is 10.8 Å². The summed E-state index contributed by atoms with van der Waals surface area (Å²) in [6.07, 6.45) is 1.52. The van der Waals surface area contributed by atoms with Gasteiger partial charge < -0.3 is 4.74 Å². The van der Waals surface area contributed by atoms with Crippen LogP contribution in [-0.4, -0.2) is 6.36 Å². The maximum atomic E-state index is 15.2. The van der Waals surface area contributed by atoms with E-state index in [1.807, 2.05) is 12.1 Å². The second kappa shape index (κ2) is 13.2. The van der Waals surface area contributed by atoms with E-state index in [1.54, 1.807) is 18.2 Å². The summed E-state index contributed by atoms with van der Waals surface area (Å²) in [5.74, 6) is -1.70. The fourth-order valence-corrected chi connectivity index (χ4v) is 4.94. The predicted molar refractivity (Wildman–Crippen MR) is 146 cm³/mol. The van der Waals surface area contributed by atoms with Gasteiger partial charge in [-0.05, 0) is 90.4 Å². The molecule has 40 heavy (non-hydrogen) atoms. The largest absolute Gasteiger partial charge is 0.573 e. The summed E-state index contributed by atoms with van der Waals surface area (Å²) in [5, 5.41) is 1.13. The first-order valence-electron chi connectivity index (χ1n) is 13.6. The second-order valence-corrected chi connectivity index (χ2v) is 10.1. The monoisotopic (exact) mass is 558 g/mol. The Labute approximate surface area is 230 Å². The zero-order valence-electron chi connectivity index (χ0n) is 22.4. The summed E-state index contributed by atoms with van der Waals surface area (Å²) in [7, 11) is 0. The number of aryl methyl sites for hydroxylation is 4. The van der Waals surface area contributed by atoms with Gasteiger partial charge in [0.05, 0.1) is 0 Å². The van der Waals surface area contributed by atoms with E-state index in [-0.39, 0.29) is 23.6 Å². The summed E-state index contributed by atoms with van der Waals surface area (Å²) >= 11 is 0. The molecule has 0 amide bonds. The number of hydrogen-bond donors (Lipinski definition) is 0. The van der Waals surface area contributed by atoms with E-state index in [0.29, 0.717) is 47.6 Å². The predicted octanol–water partition coefficient (Wildman–Crippen LogP) is 9.85. The minimum atomic E-state index is -4.75. The first kappa shape index (κ1) is 29.5. The third-order valence-electron chi connectivity index (χ3n) is 7.12. The number of benzene rings is 4. The Morgan fingerprint density at radius 3 is 1.98 bits per heavy atom. The van der Waals surface area contributed by atoms with Crippen LogP contribution in [0.15, 0.2) is 66.7 Å². The van der Waals surface area contributed by atoms with Crippen LogP contribution in [0.25, 0.3) is 10.8 Å². The molecule has 0 aromatic heterocycles. The molecule has 4 aromatic carbocycles. The van der Waals surface area contributed by atoms with E-state index in [4.69, 9.17) is 0 Å². The Kier molecular flexibility index (Phi) is 9.77. The van der Waals surface area contributed by atoms with Crippen molar-refractivity contribution in [3.63, 3.8) is 0 Å². The third-order valence-corrected chi connectivity index (χ3v) is 7.12. The van der Waals surface area contributed by atoms with Gasteiger partial charge in [-0.1, -0.05) is 68.7 Å². The van der Waals surface area contributed by atoms with Crippen LogP contribution in [0.1, 0.15) is 60.4 Å². The molecular formula is C33H32F6O. The van der Waals surface area contributed by atoms with Gasteiger partial charge in [0.2, 0.25) is 0 Å². The smallest absolute Gasteiger partial charge is 0.406 e. The lowest BCUT2D eigenvalue weighted by Crippen LogP contribution is -2.17. The van der Waals surface area contributed by atoms with Gasteiger partial charge in [-0.25, -0.2) is 13.2 Å². The fourth-order valence-electron chi connectivity index (χ4n) is 4.94. The van der Waals surface area contributed by atoms with Gasteiger partial charge >= 0.3 is 6.36 Å². The van der Waals surface area contributed by atoms with E-state index in [9.17, 15) is 22.0 Å². The van der Waals surface area contributed by atoms with Gasteiger partial charge in [-0.15, -0.1) is 13.2 Å². The summed E-state index contributed by atoms with van der Waals surface area (Å²) in [4.78, 5) is 0. The summed E-state index contributed by atoms with van der Waals surface area (Å²) < 4.78 is 85.5. The molecule has 0 aliphatic carbocycles. The minimum absolute atomic E-state index is 0.0666. The van der Waals surface area contributed by atoms with Crippen molar-refractivity contribution in [1.29, 1.82) is 0 Å². The highest BCUT2D eigenvalue weighted by atomic mass is 19.4. The van der Waals surface area contributed by atoms with Gasteiger partial charge in [-0.2, -0.15) is 0 Å². The summed E-state index contributed by atoms with van der Waals surface area (Å²) in [6.45, 7) is 2.12. The average molecular weight is 559 g/mol. The van der Waals surface area contributed by atoms with Crippen LogP contribution in [0.4, 0.5) is 26.3 Å². The molecule has 0 bridgehead atoms. The molecule has 1 nitrogen and oxygen atoms in total. The Morgan fingerprint density at radius 1 is 0.625 bits per heavy atom. The van der Waals surface area contributed by atoms with Crippen LogP contribution < -0.4 is 4.74 Å². The molecule has 0 aliphatic heterocycles. The number of halogens is 6. The van der Waals surface area contributed by atoms with Gasteiger partial charge in [0, 0.05) is 10.9 Å². The van der Waals surface area contributed by atoms with Crippen molar-refractivity contribution in [2.45, 2.75) is 71.1 Å². The molecule has 0 spiro atoms. The molecule has 0 unspecified atom stereocenters. The standard InChI is InChI=1S/C33H32F6O/c1-2-3-4-5-6-24-20-30(34)29(31(35)21-24)18-11-23-10-17-28-26(19-23)14-13-25(32(28)36)12-7-22-8-15-27(16-9-22)40-33(37,38)39/h8-10,13-17,19-21H,2-7,11-12,18H2,1H3. The number of fused-ring (bicyclic) bond motifs is 1. The Morgan fingerprint density at radius 2 is 1.30 bits per heavy atom. The maximum absolute atomic E-state index is 15.2. The molecule has 0 aliphatic rings. The molecule has 0 N–H and O–H groups in total. The first-order valence-corrected chi connectivity index (χ1v) is 13.6. The lowest BCUT2D eigenvalue weighted by molar-refractivity contribution is -0.274. The molecule has 0 saturated heterocycles. The van der Waals surface area contributed by atoms with Crippen molar-refractivity contribution in [2.24, 2.45) is 0 Å². The number of rotatable bonds is 12. The number of unbranched alkanes of at least 4 members (excludes halogenated alkanes) is 3. The van der Waals surface area contributed by atoms with Crippen molar-refractivity contribution in [3.05, 3.63) is 112 Å². The first-order chi connectivity index (χ1) is 19.1. The molecule has 4 aromatic rings. The number of ether oxygens (including phenoxy) is 1. The summed E-state index contributed by atoms with van der Waals surface area (Å²) in [5.41, 5.74) is 2.85. The fraction of sp³-hybridized carbons (Fsp3) is 0.333. The molecule has 4 rings (SSSR count). The average Bonchev–Trinajstić information content (AvgIpc) is 2.90. The highest BCUT2D eigenvalue weighted by Crippen LogP contribution is 2.27. The van der Waals surface area contributed by atoms with Crippen LogP contribution in [-0.2, 0) is 32.1 Å². The number of alkyl halides is 3. The van der Waals surface area contributed by atoms with E-state index < -0.39 is 18.0 Å². The molecule has 212 valence electrons. The molecule has 0 atom stereocenters. The minimum Gasteiger partial charge on any atom is -0.406 e. The van der Waals surface area contributed by atoms with Crippen molar-refractivity contribution < 1.29 is 31.1 Å². The highest BCUT2D eigenvalue weighted by Gasteiger charge is 2.30. The lowest BCUT2D eigenvalue weighted by Gasteiger charge is -2.11. The van der Waals surface area contributed by atoms with Crippen LogP contribution >= 0.6 is 0 Å². The van der Waals surface area contributed by atoms with E-state index in [1.165, 1.54) is 36.4 Å². The lowest BCUT2D eigenvalue weighted by atomic mass is 9.96. The quantitative estimate of drug-likeness (QED) is 0.124. The van der Waals surface area contributed by atoms with Crippen molar-refractivity contribution in [1.82, 2.24) is 0 Å². The van der Waals surface area contributed by atoms with Crippen LogP contribution in [0.2, 0.25) is 0 Å². The molecule has 7 heteroatoms. The second-order valence-electron chi connectivity index (χ2n) is 10.1. The number of hydrogen-bond acceptors (Lipinski definition) is 1. The van der Waals surface area contributed by atoms with E-state index in [2.05, 4.69) is 11.7 Å². The zero-order valence-corrected chi connectivity index (χ0v) is 22.4. The van der Waals surface area contributed by atoms with Crippen molar-refractivity contribution in [3.8, 4) is 5.75 Å².